The molecule has 1 rings (SSSR count). The molecular formula is C6H14Cl2N4. The van der Waals surface area contributed by atoms with Gasteiger partial charge in [0.05, 0.1) is 5.54 Å². The van der Waals surface area contributed by atoms with Crippen LogP contribution in [0, 0.1) is 6.92 Å². The van der Waals surface area contributed by atoms with E-state index in [4.69, 9.17) is 5.73 Å². The van der Waals surface area contributed by atoms with Gasteiger partial charge in [-0.15, -0.1) is 24.8 Å². The van der Waals surface area contributed by atoms with Crippen molar-refractivity contribution in [1.82, 2.24) is 15.2 Å². The van der Waals surface area contributed by atoms with Gasteiger partial charge in [-0.25, -0.2) is 4.98 Å². The number of aryl methyl sites for hydroxylation is 1. The van der Waals surface area contributed by atoms with Crippen molar-refractivity contribution < 1.29 is 0 Å². The number of nitrogens with zero attached hydrogens (tertiary/aromatic N) is 2. The molecule has 12 heavy (non-hydrogen) atoms. The monoisotopic (exact) mass is 212 g/mol. The van der Waals surface area contributed by atoms with E-state index in [1.54, 1.807) is 0 Å². The summed E-state index contributed by atoms with van der Waals surface area (Å²) in [6.45, 7) is 5.59. The van der Waals surface area contributed by atoms with E-state index in [0.717, 1.165) is 5.82 Å². The average molecular weight is 213 g/mol. The fourth-order valence-electron chi connectivity index (χ4n) is 0.631. The van der Waals surface area contributed by atoms with Gasteiger partial charge in [-0.2, -0.15) is 5.10 Å². The third kappa shape index (κ3) is 3.38. The second kappa shape index (κ2) is 4.64. The summed E-state index contributed by atoms with van der Waals surface area (Å²) in [5.74, 6) is 1.46. The molecule has 0 aliphatic rings. The summed E-state index contributed by atoms with van der Waals surface area (Å²) in [7, 11) is 0. The highest BCUT2D eigenvalue weighted by Crippen LogP contribution is 2.09. The number of H-pyrrole nitrogens is 1. The fourth-order valence-corrected chi connectivity index (χ4v) is 0.631. The number of hydrogen-bond donors (Lipinski definition) is 2. The smallest absolute Gasteiger partial charge is 0.169 e. The zero-order valence-corrected chi connectivity index (χ0v) is 8.92. The van der Waals surface area contributed by atoms with Gasteiger partial charge in [0.2, 0.25) is 0 Å². The number of halogens is 2. The molecule has 1 heterocycles. The second-order valence-electron chi connectivity index (χ2n) is 2.97. The highest BCUT2D eigenvalue weighted by atomic mass is 35.5. The Balaban J connectivity index is 0. The fraction of sp³-hybridized carbons (Fsp3) is 0.667. The van der Waals surface area contributed by atoms with Crippen LogP contribution in [0.25, 0.3) is 0 Å². The first-order chi connectivity index (χ1) is 4.50. The van der Waals surface area contributed by atoms with Gasteiger partial charge in [0.1, 0.15) is 5.82 Å². The van der Waals surface area contributed by atoms with Crippen LogP contribution >= 0.6 is 24.8 Å². The first-order valence-electron chi connectivity index (χ1n) is 3.18. The number of rotatable bonds is 1. The molecular weight excluding hydrogens is 199 g/mol. The predicted molar refractivity (Wildman–Crippen MR) is 52.8 cm³/mol. The van der Waals surface area contributed by atoms with Crippen LogP contribution in [0.1, 0.15) is 25.5 Å². The van der Waals surface area contributed by atoms with E-state index in [1.807, 2.05) is 20.8 Å². The summed E-state index contributed by atoms with van der Waals surface area (Å²) in [5.41, 5.74) is 5.29. The minimum Gasteiger partial charge on any atom is -0.319 e. The van der Waals surface area contributed by atoms with Crippen molar-refractivity contribution in [2.24, 2.45) is 5.73 Å². The van der Waals surface area contributed by atoms with Gasteiger partial charge in [0.25, 0.3) is 0 Å². The maximum atomic E-state index is 5.73. The Labute approximate surface area is 84.2 Å². The Morgan fingerprint density at radius 1 is 1.33 bits per heavy atom. The summed E-state index contributed by atoms with van der Waals surface area (Å²) in [6, 6.07) is 0. The lowest BCUT2D eigenvalue weighted by Gasteiger charge is -2.12. The molecule has 0 bridgehead atoms. The summed E-state index contributed by atoms with van der Waals surface area (Å²) in [5, 5.41) is 6.66. The first-order valence-corrected chi connectivity index (χ1v) is 3.18. The van der Waals surface area contributed by atoms with Crippen LogP contribution in [-0.2, 0) is 5.54 Å². The van der Waals surface area contributed by atoms with E-state index in [0.29, 0.717) is 5.82 Å². The van der Waals surface area contributed by atoms with Crippen molar-refractivity contribution >= 4 is 24.8 Å². The van der Waals surface area contributed by atoms with Crippen molar-refractivity contribution in [2.75, 3.05) is 0 Å². The third-order valence-corrected chi connectivity index (χ3v) is 1.17. The number of nitrogens with one attached hydrogen (secondary N) is 1. The first kappa shape index (κ1) is 14.2. The summed E-state index contributed by atoms with van der Waals surface area (Å²) in [6.07, 6.45) is 0. The predicted octanol–water partition coefficient (Wildman–Crippen LogP) is 1.15. The highest BCUT2D eigenvalue weighted by molar-refractivity contribution is 5.85. The van der Waals surface area contributed by atoms with Crippen molar-refractivity contribution in [2.45, 2.75) is 26.3 Å². The lowest BCUT2D eigenvalue weighted by molar-refractivity contribution is 0.516. The van der Waals surface area contributed by atoms with Crippen LogP contribution in [0.15, 0.2) is 0 Å². The Hall–Kier alpha value is -0.320. The van der Waals surface area contributed by atoms with Crippen LogP contribution in [0.4, 0.5) is 0 Å². The zero-order chi connectivity index (χ0) is 7.78. The Morgan fingerprint density at radius 3 is 2.00 bits per heavy atom. The van der Waals surface area contributed by atoms with Crippen LogP contribution in [0.3, 0.4) is 0 Å². The van der Waals surface area contributed by atoms with E-state index >= 15 is 0 Å². The van der Waals surface area contributed by atoms with Gasteiger partial charge >= 0.3 is 0 Å². The van der Waals surface area contributed by atoms with Gasteiger partial charge in [0, 0.05) is 0 Å². The van der Waals surface area contributed by atoms with Crippen molar-refractivity contribution in [3.63, 3.8) is 0 Å². The van der Waals surface area contributed by atoms with E-state index < -0.39 is 5.54 Å². The molecule has 72 valence electrons. The van der Waals surface area contributed by atoms with Gasteiger partial charge in [0.15, 0.2) is 5.82 Å². The Kier molecular flexibility index (Phi) is 5.50. The molecule has 0 aromatic carbocycles. The molecule has 1 aromatic rings. The highest BCUT2D eigenvalue weighted by Gasteiger charge is 2.18. The molecule has 0 saturated carbocycles. The number of nitrogens with two attached hydrogens (primary N) is 1. The normalized spacial score (nSPS) is 10.0. The van der Waals surface area contributed by atoms with Crippen LogP contribution in [0.5, 0.6) is 0 Å². The Bertz CT molecular complexity index is 228. The van der Waals surface area contributed by atoms with Gasteiger partial charge in [-0.1, -0.05) is 0 Å². The van der Waals surface area contributed by atoms with Crippen LogP contribution in [0.2, 0.25) is 0 Å². The zero-order valence-electron chi connectivity index (χ0n) is 7.29. The topological polar surface area (TPSA) is 67.6 Å². The minimum atomic E-state index is -0.440. The minimum absolute atomic E-state index is 0. The number of hydrogen-bond acceptors (Lipinski definition) is 3. The molecule has 0 atom stereocenters. The molecule has 0 fully saturated rings. The van der Waals surface area contributed by atoms with E-state index in [1.165, 1.54) is 0 Å². The molecule has 0 saturated heterocycles. The lowest BCUT2D eigenvalue weighted by atomic mass is 10.1. The molecule has 4 nitrogen and oxygen atoms in total. The van der Waals surface area contributed by atoms with E-state index in [2.05, 4.69) is 15.2 Å². The van der Waals surface area contributed by atoms with Gasteiger partial charge in [-0.05, 0) is 20.8 Å². The molecule has 0 aliphatic carbocycles. The van der Waals surface area contributed by atoms with E-state index in [-0.39, 0.29) is 24.8 Å². The molecule has 0 radical (unpaired) electrons. The molecule has 3 N–H and O–H groups in total. The van der Waals surface area contributed by atoms with Crippen molar-refractivity contribution in [3.8, 4) is 0 Å². The summed E-state index contributed by atoms with van der Waals surface area (Å²) in [4.78, 5) is 4.09. The summed E-state index contributed by atoms with van der Waals surface area (Å²) >= 11 is 0. The molecule has 0 amide bonds. The second-order valence-corrected chi connectivity index (χ2v) is 2.97. The summed E-state index contributed by atoms with van der Waals surface area (Å²) < 4.78 is 0. The van der Waals surface area contributed by atoms with Gasteiger partial charge < -0.3 is 5.73 Å². The SMILES string of the molecule is Cc1nc(C(C)(C)N)n[nH]1.Cl.Cl. The Morgan fingerprint density at radius 2 is 1.83 bits per heavy atom. The average Bonchev–Trinajstić information content (AvgIpc) is 2.11. The standard InChI is InChI=1S/C6H12N4.2ClH/c1-4-8-5(10-9-4)6(2,3)7;;/h7H2,1-3H3,(H,8,9,10);2*1H. The third-order valence-electron chi connectivity index (χ3n) is 1.17. The molecule has 0 aliphatic heterocycles. The maximum absolute atomic E-state index is 5.73. The van der Waals surface area contributed by atoms with E-state index in [9.17, 15) is 0 Å². The molecule has 1 aromatic heterocycles. The molecule has 0 unspecified atom stereocenters. The van der Waals surface area contributed by atoms with Gasteiger partial charge in [-0.3, -0.25) is 5.10 Å². The molecule has 0 spiro atoms. The quantitative estimate of drug-likeness (QED) is 0.735. The van der Waals surface area contributed by atoms with Crippen LogP contribution < -0.4 is 5.73 Å². The number of aromatic amines is 1. The lowest BCUT2D eigenvalue weighted by Crippen LogP contribution is -2.30. The van der Waals surface area contributed by atoms with Crippen LogP contribution in [-0.4, -0.2) is 15.2 Å². The molecule has 6 heteroatoms. The maximum Gasteiger partial charge on any atom is 0.169 e. The van der Waals surface area contributed by atoms with Crippen molar-refractivity contribution in [3.05, 3.63) is 11.6 Å². The largest absolute Gasteiger partial charge is 0.319 e. The van der Waals surface area contributed by atoms with Crippen molar-refractivity contribution in [1.29, 1.82) is 0 Å². The number of aromatic nitrogens is 3.